The second-order valence-corrected chi connectivity index (χ2v) is 4.81. The molecule has 0 spiro atoms. The maximum absolute atomic E-state index is 2.34. The summed E-state index contributed by atoms with van der Waals surface area (Å²) in [5.41, 5.74) is 1.85. The second kappa shape index (κ2) is 3.95. The Hall–Kier alpha value is -0.780. The molecule has 13 heavy (non-hydrogen) atoms. The summed E-state index contributed by atoms with van der Waals surface area (Å²) in [4.78, 5) is 0. The molecule has 1 aromatic rings. The third-order valence-corrected chi connectivity index (χ3v) is 3.07. The van der Waals surface area contributed by atoms with E-state index in [1.807, 2.05) is 0 Å². The minimum absolute atomic E-state index is 0.404. The SMILES string of the molecule is CC(C)C(C)(C)Cc1ccccc1. The topological polar surface area (TPSA) is 0 Å². The first-order valence-electron chi connectivity index (χ1n) is 5.06. The molecule has 1 aromatic carbocycles. The van der Waals surface area contributed by atoms with E-state index in [0.717, 1.165) is 5.92 Å². The third-order valence-electron chi connectivity index (χ3n) is 3.07. The van der Waals surface area contributed by atoms with Crippen molar-refractivity contribution in [1.82, 2.24) is 0 Å². The molecule has 0 unspecified atom stereocenters. The number of hydrogen-bond acceptors (Lipinski definition) is 0. The number of rotatable bonds is 3. The van der Waals surface area contributed by atoms with Crippen molar-refractivity contribution in [2.75, 3.05) is 0 Å². The molecular weight excluding hydrogens is 156 g/mol. The number of hydrogen-bond donors (Lipinski definition) is 0. The highest BCUT2D eigenvalue weighted by molar-refractivity contribution is 5.16. The monoisotopic (exact) mass is 176 g/mol. The smallest absolute Gasteiger partial charge is 0.0225 e. The van der Waals surface area contributed by atoms with Gasteiger partial charge in [0.2, 0.25) is 0 Å². The maximum Gasteiger partial charge on any atom is -0.0225 e. The molecule has 0 aromatic heterocycles. The zero-order valence-electron chi connectivity index (χ0n) is 9.17. The molecule has 1 rings (SSSR count). The van der Waals surface area contributed by atoms with E-state index in [4.69, 9.17) is 0 Å². The lowest BCUT2D eigenvalue weighted by Gasteiger charge is -2.29. The van der Waals surface area contributed by atoms with E-state index in [1.165, 1.54) is 12.0 Å². The van der Waals surface area contributed by atoms with Crippen LogP contribution in [0.25, 0.3) is 0 Å². The van der Waals surface area contributed by atoms with Gasteiger partial charge < -0.3 is 0 Å². The quantitative estimate of drug-likeness (QED) is 0.655. The van der Waals surface area contributed by atoms with Crippen molar-refractivity contribution >= 4 is 0 Å². The lowest BCUT2D eigenvalue weighted by Crippen LogP contribution is -2.21. The van der Waals surface area contributed by atoms with Gasteiger partial charge >= 0.3 is 0 Å². The van der Waals surface area contributed by atoms with Gasteiger partial charge in [0.25, 0.3) is 0 Å². The van der Waals surface area contributed by atoms with Crippen LogP contribution in [0.5, 0.6) is 0 Å². The molecule has 0 N–H and O–H groups in total. The number of benzene rings is 1. The third kappa shape index (κ3) is 2.87. The van der Waals surface area contributed by atoms with Crippen LogP contribution in [-0.2, 0) is 6.42 Å². The lowest BCUT2D eigenvalue weighted by molar-refractivity contribution is 0.248. The van der Waals surface area contributed by atoms with Crippen molar-refractivity contribution in [3.63, 3.8) is 0 Å². The van der Waals surface area contributed by atoms with Crippen LogP contribution in [0.4, 0.5) is 0 Å². The molecule has 0 saturated carbocycles. The fourth-order valence-corrected chi connectivity index (χ4v) is 1.33. The van der Waals surface area contributed by atoms with Crippen molar-refractivity contribution in [3.8, 4) is 0 Å². The van der Waals surface area contributed by atoms with E-state index in [9.17, 15) is 0 Å². The maximum atomic E-state index is 2.34. The summed E-state index contributed by atoms with van der Waals surface area (Å²) in [7, 11) is 0. The molecule has 0 amide bonds. The van der Waals surface area contributed by atoms with E-state index in [2.05, 4.69) is 58.0 Å². The fourth-order valence-electron chi connectivity index (χ4n) is 1.33. The van der Waals surface area contributed by atoms with Gasteiger partial charge in [-0.25, -0.2) is 0 Å². The molecule has 0 nitrogen and oxygen atoms in total. The molecule has 72 valence electrons. The van der Waals surface area contributed by atoms with E-state index in [0.29, 0.717) is 5.41 Å². The Morgan fingerprint density at radius 3 is 2.08 bits per heavy atom. The molecule has 0 heteroatoms. The van der Waals surface area contributed by atoms with Crippen LogP contribution in [-0.4, -0.2) is 0 Å². The van der Waals surface area contributed by atoms with Crippen molar-refractivity contribution < 1.29 is 0 Å². The molecular formula is C13H20. The van der Waals surface area contributed by atoms with Crippen LogP contribution in [0.2, 0.25) is 0 Å². The normalized spacial score (nSPS) is 12.1. The Bertz CT molecular complexity index is 244. The summed E-state index contributed by atoms with van der Waals surface area (Å²) in [5.74, 6) is 0.729. The molecule has 0 aliphatic heterocycles. The van der Waals surface area contributed by atoms with Crippen LogP contribution in [0.3, 0.4) is 0 Å². The Kier molecular flexibility index (Phi) is 3.13. The Labute approximate surface area is 82.0 Å². The largest absolute Gasteiger partial charge is 0.0623 e. The summed E-state index contributed by atoms with van der Waals surface area (Å²) in [5, 5.41) is 0. The van der Waals surface area contributed by atoms with Crippen LogP contribution in [0.15, 0.2) is 30.3 Å². The standard InChI is InChI=1S/C13H20/c1-11(2)13(3,4)10-12-8-6-5-7-9-12/h5-9,11H,10H2,1-4H3. The van der Waals surface area contributed by atoms with Gasteiger partial charge in [-0.15, -0.1) is 0 Å². The average molecular weight is 176 g/mol. The van der Waals surface area contributed by atoms with Gasteiger partial charge in [0.1, 0.15) is 0 Å². The predicted molar refractivity (Wildman–Crippen MR) is 58.8 cm³/mol. The average Bonchev–Trinajstić information content (AvgIpc) is 2.05. The molecule has 0 bridgehead atoms. The van der Waals surface area contributed by atoms with Gasteiger partial charge in [-0.2, -0.15) is 0 Å². The van der Waals surface area contributed by atoms with Gasteiger partial charge in [-0.1, -0.05) is 58.0 Å². The minimum atomic E-state index is 0.404. The molecule has 0 radical (unpaired) electrons. The summed E-state index contributed by atoms with van der Waals surface area (Å²) >= 11 is 0. The molecule has 0 aliphatic carbocycles. The fraction of sp³-hybridized carbons (Fsp3) is 0.538. The van der Waals surface area contributed by atoms with Crippen molar-refractivity contribution in [3.05, 3.63) is 35.9 Å². The van der Waals surface area contributed by atoms with Crippen molar-refractivity contribution in [2.45, 2.75) is 34.1 Å². The Balaban J connectivity index is 2.69. The molecule has 0 saturated heterocycles. The van der Waals surface area contributed by atoms with E-state index in [-0.39, 0.29) is 0 Å². The zero-order valence-corrected chi connectivity index (χ0v) is 9.17. The minimum Gasteiger partial charge on any atom is -0.0623 e. The molecule has 0 fully saturated rings. The summed E-state index contributed by atoms with van der Waals surface area (Å²) in [6.07, 6.45) is 1.17. The summed E-state index contributed by atoms with van der Waals surface area (Å²) < 4.78 is 0. The summed E-state index contributed by atoms with van der Waals surface area (Å²) in [6.45, 7) is 9.27. The van der Waals surface area contributed by atoms with Crippen molar-refractivity contribution in [1.29, 1.82) is 0 Å². The highest BCUT2D eigenvalue weighted by Crippen LogP contribution is 2.30. The van der Waals surface area contributed by atoms with Gasteiger partial charge in [0.15, 0.2) is 0 Å². The zero-order chi connectivity index (χ0) is 9.90. The second-order valence-electron chi connectivity index (χ2n) is 4.81. The van der Waals surface area contributed by atoms with E-state index >= 15 is 0 Å². The van der Waals surface area contributed by atoms with Crippen LogP contribution < -0.4 is 0 Å². The van der Waals surface area contributed by atoms with Gasteiger partial charge in [-0.3, -0.25) is 0 Å². The summed E-state index contributed by atoms with van der Waals surface area (Å²) in [6, 6.07) is 10.7. The van der Waals surface area contributed by atoms with Crippen LogP contribution in [0, 0.1) is 11.3 Å². The highest BCUT2D eigenvalue weighted by Gasteiger charge is 2.22. The first-order valence-corrected chi connectivity index (χ1v) is 5.06. The highest BCUT2D eigenvalue weighted by atomic mass is 14.3. The van der Waals surface area contributed by atoms with Crippen molar-refractivity contribution in [2.24, 2.45) is 11.3 Å². The molecule has 0 heterocycles. The van der Waals surface area contributed by atoms with Crippen LogP contribution in [0.1, 0.15) is 33.3 Å². The van der Waals surface area contributed by atoms with Gasteiger partial charge in [0.05, 0.1) is 0 Å². The van der Waals surface area contributed by atoms with E-state index < -0.39 is 0 Å². The van der Waals surface area contributed by atoms with Gasteiger partial charge in [-0.05, 0) is 23.3 Å². The van der Waals surface area contributed by atoms with Gasteiger partial charge in [0, 0.05) is 0 Å². The lowest BCUT2D eigenvalue weighted by atomic mass is 9.76. The van der Waals surface area contributed by atoms with Crippen LogP contribution >= 0.6 is 0 Å². The Morgan fingerprint density at radius 1 is 1.08 bits per heavy atom. The first kappa shape index (κ1) is 10.3. The first-order chi connectivity index (χ1) is 6.02. The van der Waals surface area contributed by atoms with E-state index in [1.54, 1.807) is 0 Å². The molecule has 0 aliphatic rings. The predicted octanol–water partition coefficient (Wildman–Crippen LogP) is 3.91. The Morgan fingerprint density at radius 2 is 1.62 bits per heavy atom. The molecule has 0 atom stereocenters.